The third-order valence-corrected chi connectivity index (χ3v) is 4.57. The van der Waals surface area contributed by atoms with Gasteiger partial charge >= 0.3 is 6.18 Å². The molecule has 1 atom stereocenters. The Hall–Kier alpha value is -3.06. The quantitative estimate of drug-likeness (QED) is 0.452. The zero-order chi connectivity index (χ0) is 21.0. The Balaban J connectivity index is 1.89. The number of aromatic amines is 1. The van der Waals surface area contributed by atoms with Crippen molar-refractivity contribution in [3.8, 4) is 11.4 Å². The van der Waals surface area contributed by atoms with Crippen molar-refractivity contribution in [3.63, 3.8) is 0 Å². The molecule has 0 aliphatic carbocycles. The molecule has 0 amide bonds. The number of aromatic nitrogens is 5. The molecule has 29 heavy (non-hydrogen) atoms. The van der Waals surface area contributed by atoms with Gasteiger partial charge in [-0.2, -0.15) is 23.3 Å². The summed E-state index contributed by atoms with van der Waals surface area (Å²) >= 11 is 0. The van der Waals surface area contributed by atoms with Crippen molar-refractivity contribution in [2.24, 2.45) is 0 Å². The Kier molecular flexibility index (Phi) is 6.08. The lowest BCUT2D eigenvalue weighted by atomic mass is 10.3. The molecule has 0 saturated heterocycles. The average molecular weight is 427 g/mol. The summed E-state index contributed by atoms with van der Waals surface area (Å²) in [5.41, 5.74) is 0.754. The van der Waals surface area contributed by atoms with E-state index in [1.54, 1.807) is 30.5 Å². The molecule has 1 aromatic carbocycles. The minimum absolute atomic E-state index is 0.108. The molecule has 0 aliphatic rings. The molecule has 9 nitrogen and oxygen atoms in total. The van der Waals surface area contributed by atoms with Crippen LogP contribution in [0.2, 0.25) is 0 Å². The Labute approximate surface area is 165 Å². The molecule has 1 unspecified atom stereocenters. The van der Waals surface area contributed by atoms with E-state index in [2.05, 4.69) is 30.7 Å². The van der Waals surface area contributed by atoms with Crippen LogP contribution in [0.5, 0.6) is 0 Å². The number of nitrogens with one attached hydrogen (secondary N) is 3. The topological polar surface area (TPSA) is 129 Å². The van der Waals surface area contributed by atoms with Crippen molar-refractivity contribution in [1.82, 2.24) is 25.1 Å². The summed E-state index contributed by atoms with van der Waals surface area (Å²) in [5, 5.41) is 20.2. The zero-order valence-electron chi connectivity index (χ0n) is 15.0. The van der Waals surface area contributed by atoms with Gasteiger partial charge in [0, 0.05) is 40.4 Å². The van der Waals surface area contributed by atoms with Crippen molar-refractivity contribution in [2.75, 3.05) is 30.0 Å². The molecule has 0 saturated carbocycles. The van der Waals surface area contributed by atoms with E-state index in [4.69, 9.17) is 5.11 Å². The van der Waals surface area contributed by atoms with E-state index < -0.39 is 22.8 Å². The maximum absolute atomic E-state index is 12.8. The summed E-state index contributed by atoms with van der Waals surface area (Å²) in [4.78, 5) is 12.4. The van der Waals surface area contributed by atoms with Crippen LogP contribution in [-0.2, 0) is 17.0 Å². The van der Waals surface area contributed by atoms with Crippen molar-refractivity contribution >= 4 is 28.3 Å². The van der Waals surface area contributed by atoms with Gasteiger partial charge in [-0.25, -0.2) is 9.97 Å². The molecule has 0 fully saturated rings. The first-order valence-corrected chi connectivity index (χ1v) is 9.76. The van der Waals surface area contributed by atoms with Crippen molar-refractivity contribution < 1.29 is 22.5 Å². The first-order valence-electron chi connectivity index (χ1n) is 8.20. The molecular weight excluding hydrogens is 411 g/mol. The van der Waals surface area contributed by atoms with Crippen molar-refractivity contribution in [2.45, 2.75) is 11.1 Å². The highest BCUT2D eigenvalue weighted by atomic mass is 32.2. The van der Waals surface area contributed by atoms with Gasteiger partial charge < -0.3 is 15.7 Å². The molecule has 3 aromatic rings. The largest absolute Gasteiger partial charge is 0.451 e. The normalized spacial score (nSPS) is 12.6. The second-order valence-corrected chi connectivity index (χ2v) is 7.09. The van der Waals surface area contributed by atoms with Gasteiger partial charge in [-0.15, -0.1) is 0 Å². The van der Waals surface area contributed by atoms with Crippen molar-refractivity contribution in [3.05, 3.63) is 36.3 Å². The predicted molar refractivity (Wildman–Crippen MR) is 100 cm³/mol. The van der Waals surface area contributed by atoms with E-state index in [1.165, 1.54) is 6.20 Å². The summed E-state index contributed by atoms with van der Waals surface area (Å²) in [6, 6.07) is 6.76. The smallest absolute Gasteiger partial charge is 0.395 e. The van der Waals surface area contributed by atoms with Crippen LogP contribution in [0.3, 0.4) is 0 Å². The van der Waals surface area contributed by atoms with Crippen molar-refractivity contribution in [1.29, 1.82) is 0 Å². The van der Waals surface area contributed by atoms with Gasteiger partial charge in [0.25, 0.3) is 0 Å². The first kappa shape index (κ1) is 20.7. The SMILES string of the molecule is CS(=O)c1ccc(Nc2ncc(-c3n[nH]c(C(F)(F)F)n3)c(NCCO)n2)cc1. The molecule has 2 heterocycles. The fourth-order valence-corrected chi connectivity index (χ4v) is 2.80. The molecule has 0 bridgehead atoms. The predicted octanol–water partition coefficient (Wildman–Crippen LogP) is 2.17. The van der Waals surface area contributed by atoms with Gasteiger partial charge in [0.05, 0.1) is 12.2 Å². The van der Waals surface area contributed by atoms with Gasteiger partial charge in [-0.1, -0.05) is 0 Å². The number of hydrogen-bond acceptors (Lipinski definition) is 8. The highest BCUT2D eigenvalue weighted by molar-refractivity contribution is 7.84. The van der Waals surface area contributed by atoms with Crippen LogP contribution in [0, 0.1) is 0 Å². The minimum Gasteiger partial charge on any atom is -0.395 e. The van der Waals surface area contributed by atoms with Crippen LogP contribution in [0.25, 0.3) is 11.4 Å². The Morgan fingerprint density at radius 2 is 1.93 bits per heavy atom. The van der Waals surface area contributed by atoms with Crippen LogP contribution in [0.1, 0.15) is 5.82 Å². The summed E-state index contributed by atoms with van der Waals surface area (Å²) in [6.45, 7) is -0.110. The molecule has 0 spiro atoms. The molecule has 0 aliphatic heterocycles. The number of H-pyrrole nitrogens is 1. The molecule has 2 aromatic heterocycles. The maximum atomic E-state index is 12.8. The standard InChI is InChI=1S/C16H16F3N7O2S/c1-29(28)10-4-2-9(3-5-10)22-15-21-8-11(12(24-15)20-6-7-27)13-23-14(26-25-13)16(17,18)19/h2-5,8,27H,6-7H2,1H3,(H,23,25,26)(H2,20,21,22,24). The van der Waals surface area contributed by atoms with E-state index in [1.807, 2.05) is 5.10 Å². The second-order valence-electron chi connectivity index (χ2n) is 5.72. The number of hydrogen-bond donors (Lipinski definition) is 4. The van der Waals surface area contributed by atoms with Crippen LogP contribution in [0.4, 0.5) is 30.6 Å². The number of rotatable bonds is 7. The fraction of sp³-hybridized carbons (Fsp3) is 0.250. The second kappa shape index (κ2) is 8.53. The van der Waals surface area contributed by atoms with Crippen LogP contribution in [-0.4, -0.2) is 53.9 Å². The van der Waals surface area contributed by atoms with E-state index in [0.717, 1.165) is 0 Å². The number of benzene rings is 1. The number of anilines is 3. The van der Waals surface area contributed by atoms with Gasteiger partial charge in [0.15, 0.2) is 5.82 Å². The Morgan fingerprint density at radius 3 is 2.52 bits per heavy atom. The first-order chi connectivity index (χ1) is 13.8. The highest BCUT2D eigenvalue weighted by Gasteiger charge is 2.35. The lowest BCUT2D eigenvalue weighted by Crippen LogP contribution is -2.10. The van der Waals surface area contributed by atoms with Gasteiger partial charge in [0.2, 0.25) is 11.8 Å². The van der Waals surface area contributed by atoms with E-state index in [0.29, 0.717) is 10.6 Å². The number of aliphatic hydroxyl groups excluding tert-OH is 1. The third-order valence-electron chi connectivity index (χ3n) is 3.63. The fourth-order valence-electron chi connectivity index (χ4n) is 2.28. The molecule has 3 rings (SSSR count). The average Bonchev–Trinajstić information content (AvgIpc) is 3.17. The molecule has 4 N–H and O–H groups in total. The number of halogens is 3. The summed E-state index contributed by atoms with van der Waals surface area (Å²) in [6.07, 6.45) is -1.83. The van der Waals surface area contributed by atoms with E-state index in [9.17, 15) is 17.4 Å². The molecule has 13 heteroatoms. The van der Waals surface area contributed by atoms with Crippen LogP contribution >= 0.6 is 0 Å². The Bertz CT molecular complexity index is 1010. The van der Waals surface area contributed by atoms with Gasteiger partial charge in [-0.3, -0.25) is 9.31 Å². The monoisotopic (exact) mass is 427 g/mol. The zero-order valence-corrected chi connectivity index (χ0v) is 15.8. The summed E-state index contributed by atoms with van der Waals surface area (Å²) in [7, 11) is -1.11. The van der Waals surface area contributed by atoms with E-state index >= 15 is 0 Å². The van der Waals surface area contributed by atoms with Gasteiger partial charge in [-0.05, 0) is 24.3 Å². The van der Waals surface area contributed by atoms with E-state index in [-0.39, 0.29) is 36.3 Å². The third kappa shape index (κ3) is 5.06. The maximum Gasteiger partial charge on any atom is 0.451 e. The van der Waals surface area contributed by atoms with Gasteiger partial charge in [0.1, 0.15) is 5.82 Å². The molecule has 0 radical (unpaired) electrons. The highest BCUT2D eigenvalue weighted by Crippen LogP contribution is 2.30. The lowest BCUT2D eigenvalue weighted by molar-refractivity contribution is -0.144. The minimum atomic E-state index is -4.67. The Morgan fingerprint density at radius 1 is 1.21 bits per heavy atom. The number of aliphatic hydroxyl groups is 1. The molecular formula is C16H16F3N7O2S. The van der Waals surface area contributed by atoms with Crippen LogP contribution in [0.15, 0.2) is 35.4 Å². The molecule has 154 valence electrons. The number of alkyl halides is 3. The number of nitrogens with zero attached hydrogens (tertiary/aromatic N) is 4. The lowest BCUT2D eigenvalue weighted by Gasteiger charge is -2.11. The van der Waals surface area contributed by atoms with Crippen LogP contribution < -0.4 is 10.6 Å². The summed E-state index contributed by atoms with van der Waals surface area (Å²) in [5.74, 6) is -1.17. The summed E-state index contributed by atoms with van der Waals surface area (Å²) < 4.78 is 49.7.